The van der Waals surface area contributed by atoms with Gasteiger partial charge in [0.25, 0.3) is 0 Å². The maximum atomic E-state index is 13.8. The van der Waals surface area contributed by atoms with Crippen molar-refractivity contribution in [2.75, 3.05) is 26.2 Å². The van der Waals surface area contributed by atoms with Crippen molar-refractivity contribution >= 4 is 11.9 Å². The molecule has 7 heteroatoms. The number of nitrogens with zero attached hydrogens (tertiary/aromatic N) is 2. The molecule has 2 fully saturated rings. The van der Waals surface area contributed by atoms with Crippen LogP contribution in [-0.4, -0.2) is 59.0 Å². The zero-order valence-corrected chi connectivity index (χ0v) is 19.6. The first-order chi connectivity index (χ1) is 15.3. The van der Waals surface area contributed by atoms with Crippen LogP contribution in [0.3, 0.4) is 0 Å². The van der Waals surface area contributed by atoms with Crippen LogP contribution in [0.4, 0.5) is 0 Å². The van der Waals surface area contributed by atoms with Crippen LogP contribution < -0.4 is 11.1 Å². The van der Waals surface area contributed by atoms with Crippen molar-refractivity contribution in [1.29, 1.82) is 5.41 Å². The molecule has 32 heavy (non-hydrogen) atoms. The number of amides is 1. The van der Waals surface area contributed by atoms with Gasteiger partial charge in [0.1, 0.15) is 5.75 Å². The molecule has 0 atom stereocenters. The lowest BCUT2D eigenvalue weighted by molar-refractivity contribution is -0.142. The second-order valence-electron chi connectivity index (χ2n) is 10.3. The Labute approximate surface area is 191 Å². The van der Waals surface area contributed by atoms with E-state index < -0.39 is 5.41 Å². The molecule has 176 valence electrons. The molecule has 3 aliphatic rings. The van der Waals surface area contributed by atoms with Gasteiger partial charge in [0.15, 0.2) is 5.96 Å². The predicted octanol–water partition coefficient (Wildman–Crippen LogP) is 2.77. The predicted molar refractivity (Wildman–Crippen MR) is 127 cm³/mol. The van der Waals surface area contributed by atoms with Crippen LogP contribution in [0.25, 0.3) is 0 Å². The number of carbonyl (C=O) groups excluding carboxylic acids is 1. The Morgan fingerprint density at radius 1 is 1.25 bits per heavy atom. The van der Waals surface area contributed by atoms with Crippen molar-refractivity contribution in [2.24, 2.45) is 17.6 Å². The lowest BCUT2D eigenvalue weighted by Crippen LogP contribution is -2.58. The zero-order valence-electron chi connectivity index (χ0n) is 19.6. The van der Waals surface area contributed by atoms with Crippen molar-refractivity contribution in [1.82, 2.24) is 15.1 Å². The molecule has 2 aliphatic heterocycles. The molecule has 1 saturated carbocycles. The van der Waals surface area contributed by atoms with Crippen LogP contribution in [0.15, 0.2) is 18.2 Å². The highest BCUT2D eigenvalue weighted by Gasteiger charge is 2.49. The summed E-state index contributed by atoms with van der Waals surface area (Å²) in [5.41, 5.74) is 7.04. The third kappa shape index (κ3) is 4.45. The highest BCUT2D eigenvalue weighted by atomic mass is 16.3. The highest BCUT2D eigenvalue weighted by molar-refractivity contribution is 5.90. The first-order valence-electron chi connectivity index (χ1n) is 12.2. The summed E-state index contributed by atoms with van der Waals surface area (Å²) in [6, 6.07) is 6.16. The first-order valence-corrected chi connectivity index (χ1v) is 12.2. The Hall–Kier alpha value is -2.28. The van der Waals surface area contributed by atoms with Crippen LogP contribution >= 0.6 is 0 Å². The molecule has 0 unspecified atom stereocenters. The number of likely N-dealkylation sites (tertiary alicyclic amines) is 1. The van der Waals surface area contributed by atoms with Crippen LogP contribution in [-0.2, 0) is 16.8 Å². The van der Waals surface area contributed by atoms with Crippen molar-refractivity contribution in [3.8, 4) is 5.75 Å². The lowest BCUT2D eigenvalue weighted by atomic mass is 9.67. The maximum Gasteiger partial charge on any atom is 0.233 e. The van der Waals surface area contributed by atoms with Crippen LogP contribution in [0.2, 0.25) is 0 Å². The third-order valence-electron chi connectivity index (χ3n) is 8.21. The highest BCUT2D eigenvalue weighted by Crippen LogP contribution is 2.45. The molecule has 0 radical (unpaired) electrons. The van der Waals surface area contributed by atoms with Gasteiger partial charge >= 0.3 is 0 Å². The summed E-state index contributed by atoms with van der Waals surface area (Å²) in [6.45, 7) is 8.03. The van der Waals surface area contributed by atoms with Crippen molar-refractivity contribution < 1.29 is 9.90 Å². The molecule has 1 amide bonds. The number of hydrogen-bond donors (Lipinski definition) is 4. The summed E-state index contributed by atoms with van der Waals surface area (Å²) in [6.07, 6.45) is 6.84. The molecule has 1 saturated heterocycles. The fourth-order valence-electron chi connectivity index (χ4n) is 6.27. The van der Waals surface area contributed by atoms with Gasteiger partial charge in [0, 0.05) is 25.7 Å². The van der Waals surface area contributed by atoms with Gasteiger partial charge in [-0.2, -0.15) is 0 Å². The van der Waals surface area contributed by atoms with Gasteiger partial charge in [-0.3, -0.25) is 10.2 Å². The van der Waals surface area contributed by atoms with E-state index in [0.29, 0.717) is 25.7 Å². The number of phenols is 1. The largest absolute Gasteiger partial charge is 0.508 e. The Morgan fingerprint density at radius 3 is 2.56 bits per heavy atom. The smallest absolute Gasteiger partial charge is 0.233 e. The van der Waals surface area contributed by atoms with E-state index >= 15 is 0 Å². The second-order valence-corrected chi connectivity index (χ2v) is 10.3. The van der Waals surface area contributed by atoms with E-state index in [9.17, 15) is 9.90 Å². The molecule has 2 heterocycles. The molecule has 5 N–H and O–H groups in total. The van der Waals surface area contributed by atoms with Crippen LogP contribution in [0.1, 0.15) is 63.5 Å². The second kappa shape index (κ2) is 9.30. The van der Waals surface area contributed by atoms with E-state index in [-0.39, 0.29) is 17.6 Å². The number of nitrogens with two attached hydrogens (primary N) is 1. The SMILES string of the molecule is CC(C)[C@H]1CC[C@@H](N2CCC3(CC2)C(=O)N(CCNC(=N)N)Cc2cc(O)ccc23)CC1. The Kier molecular flexibility index (Phi) is 6.65. The Balaban J connectivity index is 1.49. The van der Waals surface area contributed by atoms with E-state index in [1.807, 2.05) is 17.0 Å². The molecule has 4 rings (SSSR count). The van der Waals surface area contributed by atoms with Crippen molar-refractivity contribution in [3.05, 3.63) is 29.3 Å². The number of benzene rings is 1. The average Bonchev–Trinajstić information content (AvgIpc) is 2.77. The summed E-state index contributed by atoms with van der Waals surface area (Å²) in [7, 11) is 0. The van der Waals surface area contributed by atoms with Crippen LogP contribution in [0.5, 0.6) is 5.75 Å². The summed E-state index contributed by atoms with van der Waals surface area (Å²) in [5, 5.41) is 20.3. The third-order valence-corrected chi connectivity index (χ3v) is 8.21. The van der Waals surface area contributed by atoms with E-state index in [2.05, 4.69) is 24.1 Å². The van der Waals surface area contributed by atoms with Crippen LogP contribution in [0, 0.1) is 17.2 Å². The summed E-state index contributed by atoms with van der Waals surface area (Å²) < 4.78 is 0. The van der Waals surface area contributed by atoms with E-state index in [1.54, 1.807) is 6.07 Å². The number of piperidine rings is 1. The number of rotatable bonds is 5. The molecule has 0 bridgehead atoms. The molecule has 1 aliphatic carbocycles. The molecule has 1 aromatic carbocycles. The number of guanidine groups is 1. The standard InChI is InChI=1S/C25H39N5O2/c1-17(2)18-3-5-20(6-4-18)29-12-9-25(10-13-29)22-8-7-21(31)15-19(22)16-30(23(25)32)14-11-28-24(26)27/h7-8,15,17-18,20,31H,3-6,9-14,16H2,1-2H3,(H4,26,27,28)/t18-,20+. The Bertz CT molecular complexity index is 839. The molecular weight excluding hydrogens is 402 g/mol. The van der Waals surface area contributed by atoms with E-state index in [0.717, 1.165) is 48.9 Å². The molecule has 7 nitrogen and oxygen atoms in total. The minimum Gasteiger partial charge on any atom is -0.508 e. The first kappa shape index (κ1) is 22.9. The summed E-state index contributed by atoms with van der Waals surface area (Å²) in [4.78, 5) is 18.3. The van der Waals surface area contributed by atoms with Gasteiger partial charge in [-0.05, 0) is 86.7 Å². The van der Waals surface area contributed by atoms with Gasteiger partial charge < -0.3 is 26.0 Å². The normalized spacial score (nSPS) is 25.7. The van der Waals surface area contributed by atoms with Crippen molar-refractivity contribution in [3.63, 3.8) is 0 Å². The Morgan fingerprint density at radius 2 is 1.94 bits per heavy atom. The van der Waals surface area contributed by atoms with Crippen molar-refractivity contribution in [2.45, 2.75) is 70.4 Å². The van der Waals surface area contributed by atoms with E-state index in [1.165, 1.54) is 25.7 Å². The van der Waals surface area contributed by atoms with Gasteiger partial charge in [0.2, 0.25) is 5.91 Å². The fraction of sp³-hybridized carbons (Fsp3) is 0.680. The number of nitrogens with one attached hydrogen (secondary N) is 2. The number of hydrogen-bond acceptors (Lipinski definition) is 4. The molecular formula is C25H39N5O2. The van der Waals surface area contributed by atoms with Gasteiger partial charge in [0.05, 0.1) is 5.41 Å². The summed E-state index contributed by atoms with van der Waals surface area (Å²) in [5.74, 6) is 1.98. The average molecular weight is 442 g/mol. The number of aromatic hydroxyl groups is 1. The molecule has 1 aromatic rings. The lowest BCUT2D eigenvalue weighted by Gasteiger charge is -2.49. The zero-order chi connectivity index (χ0) is 22.9. The number of phenolic OH excluding ortho intramolecular Hbond substituents is 1. The van der Waals surface area contributed by atoms with Gasteiger partial charge in [-0.25, -0.2) is 0 Å². The number of fused-ring (bicyclic) bond motifs is 2. The monoisotopic (exact) mass is 441 g/mol. The number of carbonyl (C=O) groups is 1. The minimum atomic E-state index is -0.511. The summed E-state index contributed by atoms with van der Waals surface area (Å²) >= 11 is 0. The maximum absolute atomic E-state index is 13.8. The van der Waals surface area contributed by atoms with Gasteiger partial charge in [-0.15, -0.1) is 0 Å². The topological polar surface area (TPSA) is 106 Å². The minimum absolute atomic E-state index is 0.0808. The quantitative estimate of drug-likeness (QED) is 0.415. The van der Waals surface area contributed by atoms with E-state index in [4.69, 9.17) is 11.1 Å². The van der Waals surface area contributed by atoms with Gasteiger partial charge in [-0.1, -0.05) is 19.9 Å². The fourth-order valence-corrected chi connectivity index (χ4v) is 6.27. The molecule has 1 spiro atoms. The molecule has 0 aromatic heterocycles.